The number of hydrogen-bond acceptors (Lipinski definition) is 14. The number of nitriles is 1. The second-order valence-corrected chi connectivity index (χ2v) is 10.7. The Hall–Kier alpha value is -3.09. The largest absolute Gasteiger partial charge is 0.383 e. The van der Waals surface area contributed by atoms with Gasteiger partial charge >= 0.3 is 0 Å². The molecule has 2 aromatic rings. The molecule has 1 fully saturated rings. The fourth-order valence-electron chi connectivity index (χ4n) is 5.05. The quantitative estimate of drug-likeness (QED) is 0.193. The lowest BCUT2D eigenvalue weighted by Gasteiger charge is -2.33. The zero-order valence-corrected chi connectivity index (χ0v) is 27.2. The Morgan fingerprint density at radius 1 is 0.750 bits per heavy atom. The average molecular weight is 618 g/mol. The van der Waals surface area contributed by atoms with Crippen molar-refractivity contribution < 1.29 is 23.7 Å². The van der Waals surface area contributed by atoms with Gasteiger partial charge in [-0.1, -0.05) is 6.42 Å². The summed E-state index contributed by atoms with van der Waals surface area (Å²) in [6.45, 7) is 6.80. The van der Waals surface area contributed by atoms with Gasteiger partial charge in [-0.05, 0) is 25.7 Å². The maximum atomic E-state index is 8.92. The van der Waals surface area contributed by atoms with Crippen molar-refractivity contribution in [3.63, 3.8) is 0 Å². The predicted molar refractivity (Wildman–Crippen MR) is 172 cm³/mol. The number of hydrogen-bond donors (Lipinski definition) is 1. The van der Waals surface area contributed by atoms with Crippen LogP contribution in [0.3, 0.4) is 0 Å². The van der Waals surface area contributed by atoms with Gasteiger partial charge in [0.15, 0.2) is 11.6 Å². The van der Waals surface area contributed by atoms with Gasteiger partial charge in [0.1, 0.15) is 11.0 Å². The van der Waals surface area contributed by atoms with E-state index in [1.165, 1.54) is 0 Å². The van der Waals surface area contributed by atoms with Crippen LogP contribution in [0.25, 0.3) is 11.0 Å². The van der Waals surface area contributed by atoms with E-state index in [0.717, 1.165) is 51.0 Å². The van der Waals surface area contributed by atoms with Gasteiger partial charge in [0, 0.05) is 87.8 Å². The molecule has 14 nitrogen and oxygen atoms in total. The summed E-state index contributed by atoms with van der Waals surface area (Å²) in [5, 5.41) is 12.5. The van der Waals surface area contributed by atoms with Gasteiger partial charge in [-0.25, -0.2) is 9.97 Å². The molecule has 14 heteroatoms. The molecule has 1 aliphatic rings. The highest BCUT2D eigenvalue weighted by atomic mass is 16.5. The standard InChI is InChI=1S/C30H51N9O5/c1-40-20-16-38(17-21-41-2)29-34-26-25(27(35-29)32-13-9-7-6-8-12-31)33-30(39(18-22-42-3)19-23-43-4)36-28(26)37-14-10-24(44-5)11-15-37/h24H,6-11,13-23H2,1-5H3,(H,32,34,35). The first-order chi connectivity index (χ1) is 21.6. The van der Waals surface area contributed by atoms with Crippen molar-refractivity contribution in [1.29, 1.82) is 5.26 Å². The van der Waals surface area contributed by atoms with Crippen molar-refractivity contribution in [2.45, 2.75) is 44.6 Å². The van der Waals surface area contributed by atoms with Crippen LogP contribution in [-0.2, 0) is 23.7 Å². The van der Waals surface area contributed by atoms with Crippen molar-refractivity contribution >= 4 is 34.6 Å². The number of nitrogens with zero attached hydrogens (tertiary/aromatic N) is 8. The van der Waals surface area contributed by atoms with Crippen LogP contribution >= 0.6 is 0 Å². The molecule has 3 rings (SSSR count). The number of nitrogens with one attached hydrogen (secondary N) is 1. The molecule has 1 aliphatic heterocycles. The molecule has 246 valence electrons. The molecular weight excluding hydrogens is 566 g/mol. The van der Waals surface area contributed by atoms with E-state index in [1.54, 1.807) is 35.5 Å². The first kappa shape index (κ1) is 35.4. The van der Waals surface area contributed by atoms with E-state index < -0.39 is 0 Å². The number of rotatable bonds is 22. The lowest BCUT2D eigenvalue weighted by molar-refractivity contribution is 0.0818. The van der Waals surface area contributed by atoms with Crippen LogP contribution in [0.4, 0.5) is 23.5 Å². The molecule has 44 heavy (non-hydrogen) atoms. The topological polar surface area (TPSA) is 143 Å². The van der Waals surface area contributed by atoms with E-state index in [1.807, 2.05) is 0 Å². The molecule has 0 spiro atoms. The Morgan fingerprint density at radius 2 is 1.30 bits per heavy atom. The van der Waals surface area contributed by atoms with E-state index in [-0.39, 0.29) is 6.10 Å². The highest BCUT2D eigenvalue weighted by Crippen LogP contribution is 2.33. The van der Waals surface area contributed by atoms with E-state index in [2.05, 4.69) is 26.1 Å². The maximum Gasteiger partial charge on any atom is 0.228 e. The van der Waals surface area contributed by atoms with Crippen molar-refractivity contribution in [2.75, 3.05) is 128 Å². The number of piperidine rings is 1. The summed E-state index contributed by atoms with van der Waals surface area (Å²) in [5.74, 6) is 2.58. The Balaban J connectivity index is 2.15. The fraction of sp³-hybridized carbons (Fsp3) is 0.767. The highest BCUT2D eigenvalue weighted by molar-refractivity contribution is 5.95. The molecule has 0 atom stereocenters. The van der Waals surface area contributed by atoms with Crippen LogP contribution in [-0.4, -0.2) is 134 Å². The number of unbranched alkanes of at least 4 members (excludes halogenated alkanes) is 3. The molecule has 0 radical (unpaired) electrons. The molecule has 1 N–H and O–H groups in total. The third-order valence-corrected chi connectivity index (χ3v) is 7.66. The molecular formula is C30H51N9O5. The van der Waals surface area contributed by atoms with Gasteiger partial charge in [0.05, 0.1) is 38.6 Å². The normalized spacial score (nSPS) is 13.8. The van der Waals surface area contributed by atoms with Gasteiger partial charge in [-0.2, -0.15) is 15.2 Å². The van der Waals surface area contributed by atoms with Gasteiger partial charge in [-0.3, -0.25) is 0 Å². The number of ether oxygens (including phenoxy) is 5. The number of methoxy groups -OCH3 is 5. The molecule has 0 unspecified atom stereocenters. The van der Waals surface area contributed by atoms with Crippen LogP contribution in [0.1, 0.15) is 38.5 Å². The van der Waals surface area contributed by atoms with Crippen LogP contribution < -0.4 is 20.0 Å². The molecule has 0 aromatic carbocycles. The Bertz CT molecular complexity index is 1130. The number of anilines is 4. The summed E-state index contributed by atoms with van der Waals surface area (Å²) in [7, 11) is 8.52. The molecule has 0 amide bonds. The zero-order chi connectivity index (χ0) is 31.6. The summed E-state index contributed by atoms with van der Waals surface area (Å²) in [6.07, 6.45) is 5.31. The van der Waals surface area contributed by atoms with Gasteiger partial charge in [-0.15, -0.1) is 0 Å². The van der Waals surface area contributed by atoms with Crippen molar-refractivity contribution in [3.05, 3.63) is 0 Å². The fourth-order valence-corrected chi connectivity index (χ4v) is 5.05. The minimum atomic E-state index is 0.223. The van der Waals surface area contributed by atoms with E-state index in [9.17, 15) is 0 Å². The molecule has 2 aromatic heterocycles. The van der Waals surface area contributed by atoms with E-state index in [4.69, 9.17) is 48.9 Å². The van der Waals surface area contributed by atoms with Crippen LogP contribution in [0.2, 0.25) is 0 Å². The van der Waals surface area contributed by atoms with Crippen molar-refractivity contribution in [1.82, 2.24) is 19.9 Å². The summed E-state index contributed by atoms with van der Waals surface area (Å²) in [6, 6.07) is 2.22. The average Bonchev–Trinajstić information content (AvgIpc) is 3.06. The monoisotopic (exact) mass is 617 g/mol. The first-order valence-corrected chi connectivity index (χ1v) is 15.5. The van der Waals surface area contributed by atoms with Crippen molar-refractivity contribution in [2.24, 2.45) is 0 Å². The van der Waals surface area contributed by atoms with Gasteiger partial charge < -0.3 is 43.7 Å². The lowest BCUT2D eigenvalue weighted by atomic mass is 10.1. The molecule has 1 saturated heterocycles. The van der Waals surface area contributed by atoms with Gasteiger partial charge in [0.2, 0.25) is 11.9 Å². The van der Waals surface area contributed by atoms with Gasteiger partial charge in [0.25, 0.3) is 0 Å². The number of fused-ring (bicyclic) bond motifs is 1. The number of aromatic nitrogens is 4. The van der Waals surface area contributed by atoms with E-state index in [0.29, 0.717) is 94.3 Å². The zero-order valence-electron chi connectivity index (χ0n) is 27.2. The second-order valence-electron chi connectivity index (χ2n) is 10.7. The Morgan fingerprint density at radius 3 is 1.82 bits per heavy atom. The Kier molecular flexibility index (Phi) is 16.1. The first-order valence-electron chi connectivity index (χ1n) is 15.5. The van der Waals surface area contributed by atoms with Crippen LogP contribution in [0, 0.1) is 11.3 Å². The molecule has 0 saturated carbocycles. The smallest absolute Gasteiger partial charge is 0.228 e. The summed E-state index contributed by atoms with van der Waals surface area (Å²) in [4.78, 5) is 26.8. The highest BCUT2D eigenvalue weighted by Gasteiger charge is 2.27. The minimum absolute atomic E-state index is 0.223. The second kappa shape index (κ2) is 20.0. The SMILES string of the molecule is COCCN(CCOC)c1nc(N2CCC(OC)CC2)c2nc(N(CCOC)CCOC)nc(NCCCCCC#N)c2n1. The lowest BCUT2D eigenvalue weighted by Crippen LogP contribution is -2.38. The van der Waals surface area contributed by atoms with Crippen LogP contribution in [0.15, 0.2) is 0 Å². The maximum absolute atomic E-state index is 8.92. The molecule has 0 aliphatic carbocycles. The minimum Gasteiger partial charge on any atom is -0.383 e. The van der Waals surface area contributed by atoms with Crippen molar-refractivity contribution in [3.8, 4) is 6.07 Å². The Labute approximate surface area is 262 Å². The molecule has 3 heterocycles. The predicted octanol–water partition coefficient (Wildman–Crippen LogP) is 2.73. The third-order valence-electron chi connectivity index (χ3n) is 7.66. The molecule has 0 bridgehead atoms. The third kappa shape index (κ3) is 10.5. The van der Waals surface area contributed by atoms with Crippen LogP contribution in [0.5, 0.6) is 0 Å². The summed E-state index contributed by atoms with van der Waals surface area (Å²) >= 11 is 0. The summed E-state index contributed by atoms with van der Waals surface area (Å²) < 4.78 is 27.3. The van der Waals surface area contributed by atoms with E-state index >= 15 is 0 Å². The summed E-state index contributed by atoms with van der Waals surface area (Å²) in [5.41, 5.74) is 1.36.